The van der Waals surface area contributed by atoms with Gasteiger partial charge in [0.2, 0.25) is 5.91 Å². The molecule has 0 saturated heterocycles. The monoisotopic (exact) mass is 386 g/mol. The van der Waals surface area contributed by atoms with Crippen LogP contribution in [0, 0.1) is 5.92 Å². The lowest BCUT2D eigenvalue weighted by Crippen LogP contribution is -2.48. The molecule has 2 aromatic rings. The zero-order valence-electron chi connectivity index (χ0n) is 17.2. The normalized spacial score (nSPS) is 12.5. The SMILES string of the molecule is CC(C)CC(NC(=O)OC(C)(C)C)C(=O)NCc1ccc(-n2ccnc2)cc1. The fourth-order valence-corrected chi connectivity index (χ4v) is 2.66. The summed E-state index contributed by atoms with van der Waals surface area (Å²) in [6.45, 7) is 9.76. The zero-order chi connectivity index (χ0) is 20.7. The van der Waals surface area contributed by atoms with E-state index < -0.39 is 17.7 Å². The van der Waals surface area contributed by atoms with Crippen molar-refractivity contribution >= 4 is 12.0 Å². The molecule has 2 amide bonds. The summed E-state index contributed by atoms with van der Waals surface area (Å²) in [7, 11) is 0. The lowest BCUT2D eigenvalue weighted by atomic mass is 10.0. The highest BCUT2D eigenvalue weighted by molar-refractivity contribution is 5.85. The van der Waals surface area contributed by atoms with E-state index in [1.165, 1.54) is 0 Å². The number of carbonyl (C=O) groups is 2. The molecule has 0 aliphatic heterocycles. The molecule has 1 aromatic carbocycles. The number of imidazole rings is 1. The number of carbonyl (C=O) groups excluding carboxylic acids is 2. The fraction of sp³-hybridized carbons (Fsp3) is 0.476. The van der Waals surface area contributed by atoms with Crippen LogP contribution in [-0.4, -0.2) is 33.2 Å². The average molecular weight is 386 g/mol. The number of alkyl carbamates (subject to hydrolysis) is 1. The topological polar surface area (TPSA) is 85.2 Å². The number of aromatic nitrogens is 2. The molecule has 7 nitrogen and oxygen atoms in total. The van der Waals surface area contributed by atoms with E-state index in [2.05, 4.69) is 15.6 Å². The molecule has 28 heavy (non-hydrogen) atoms. The molecule has 2 rings (SSSR count). The Hall–Kier alpha value is -2.83. The number of nitrogens with one attached hydrogen (secondary N) is 2. The van der Waals surface area contributed by atoms with Crippen molar-refractivity contribution in [1.29, 1.82) is 0 Å². The molecule has 7 heteroatoms. The Morgan fingerprint density at radius 3 is 2.39 bits per heavy atom. The van der Waals surface area contributed by atoms with Crippen molar-refractivity contribution in [1.82, 2.24) is 20.2 Å². The molecule has 0 aliphatic rings. The quantitative estimate of drug-likeness (QED) is 0.763. The second-order valence-electron chi connectivity index (χ2n) is 8.18. The minimum atomic E-state index is -0.639. The number of benzene rings is 1. The van der Waals surface area contributed by atoms with E-state index in [1.54, 1.807) is 33.3 Å². The molecule has 0 aliphatic carbocycles. The third-order valence-electron chi connectivity index (χ3n) is 3.92. The van der Waals surface area contributed by atoms with Crippen LogP contribution in [0.1, 0.15) is 46.6 Å². The van der Waals surface area contributed by atoms with Gasteiger partial charge in [-0.3, -0.25) is 4.79 Å². The largest absolute Gasteiger partial charge is 0.444 e. The summed E-state index contributed by atoms with van der Waals surface area (Å²) in [6.07, 6.45) is 5.27. The molecule has 2 N–H and O–H groups in total. The van der Waals surface area contributed by atoms with Crippen molar-refractivity contribution in [3.05, 3.63) is 48.5 Å². The minimum absolute atomic E-state index is 0.224. The summed E-state index contributed by atoms with van der Waals surface area (Å²) in [5, 5.41) is 5.58. The third kappa shape index (κ3) is 7.06. The fourth-order valence-electron chi connectivity index (χ4n) is 2.66. The Morgan fingerprint density at radius 2 is 1.86 bits per heavy atom. The molecular weight excluding hydrogens is 356 g/mol. The van der Waals surface area contributed by atoms with Gasteiger partial charge in [-0.1, -0.05) is 26.0 Å². The maximum atomic E-state index is 12.6. The Labute approximate surface area is 166 Å². The lowest BCUT2D eigenvalue weighted by Gasteiger charge is -2.24. The summed E-state index contributed by atoms with van der Waals surface area (Å²) in [4.78, 5) is 28.7. The van der Waals surface area contributed by atoms with Crippen LogP contribution in [0.25, 0.3) is 5.69 Å². The molecule has 1 heterocycles. The van der Waals surface area contributed by atoms with Gasteiger partial charge in [0.05, 0.1) is 6.33 Å². The lowest BCUT2D eigenvalue weighted by molar-refractivity contribution is -0.123. The summed E-state index contributed by atoms with van der Waals surface area (Å²) in [5.41, 5.74) is 1.36. The van der Waals surface area contributed by atoms with Gasteiger partial charge >= 0.3 is 6.09 Å². The first kappa shape index (κ1) is 21.5. The van der Waals surface area contributed by atoms with Crippen molar-refractivity contribution in [2.45, 2.75) is 59.2 Å². The summed E-state index contributed by atoms with van der Waals surface area (Å²) >= 11 is 0. The van der Waals surface area contributed by atoms with Crippen LogP contribution in [-0.2, 0) is 16.1 Å². The zero-order valence-corrected chi connectivity index (χ0v) is 17.2. The van der Waals surface area contributed by atoms with Gasteiger partial charge < -0.3 is 19.9 Å². The van der Waals surface area contributed by atoms with Crippen molar-refractivity contribution in [2.24, 2.45) is 5.92 Å². The van der Waals surface area contributed by atoms with Gasteiger partial charge in [0.15, 0.2) is 0 Å². The molecule has 0 bridgehead atoms. The Bertz CT molecular complexity index is 762. The minimum Gasteiger partial charge on any atom is -0.444 e. The first-order valence-electron chi connectivity index (χ1n) is 9.48. The van der Waals surface area contributed by atoms with Gasteiger partial charge in [-0.25, -0.2) is 9.78 Å². The smallest absolute Gasteiger partial charge is 0.408 e. The van der Waals surface area contributed by atoms with Gasteiger partial charge in [-0.05, 0) is 50.8 Å². The van der Waals surface area contributed by atoms with Crippen LogP contribution in [0.15, 0.2) is 43.0 Å². The predicted octanol–water partition coefficient (Wildman–Crippen LogP) is 3.43. The van der Waals surface area contributed by atoms with Crippen LogP contribution in [0.2, 0.25) is 0 Å². The molecule has 152 valence electrons. The average Bonchev–Trinajstić information content (AvgIpc) is 3.12. The molecule has 0 radical (unpaired) electrons. The van der Waals surface area contributed by atoms with Crippen LogP contribution in [0.4, 0.5) is 4.79 Å². The van der Waals surface area contributed by atoms with E-state index in [9.17, 15) is 9.59 Å². The molecule has 1 atom stereocenters. The van der Waals surface area contributed by atoms with Crippen molar-refractivity contribution < 1.29 is 14.3 Å². The summed E-state index contributed by atoms with van der Waals surface area (Å²) < 4.78 is 7.18. The van der Waals surface area contributed by atoms with Crippen molar-refractivity contribution in [2.75, 3.05) is 0 Å². The Kier molecular flexibility index (Phi) is 7.20. The molecule has 0 saturated carbocycles. The van der Waals surface area contributed by atoms with E-state index in [4.69, 9.17) is 4.74 Å². The maximum Gasteiger partial charge on any atom is 0.408 e. The van der Waals surface area contributed by atoms with Gasteiger partial charge in [-0.15, -0.1) is 0 Å². The first-order chi connectivity index (χ1) is 13.1. The van der Waals surface area contributed by atoms with E-state index in [-0.39, 0.29) is 11.8 Å². The molecule has 0 spiro atoms. The number of rotatable bonds is 7. The van der Waals surface area contributed by atoms with E-state index in [0.717, 1.165) is 11.3 Å². The third-order valence-corrected chi connectivity index (χ3v) is 3.92. The Balaban J connectivity index is 1.94. The highest BCUT2D eigenvalue weighted by Gasteiger charge is 2.24. The molecular formula is C21H30N4O3. The van der Waals surface area contributed by atoms with Crippen molar-refractivity contribution in [3.8, 4) is 5.69 Å². The van der Waals surface area contributed by atoms with E-state index in [0.29, 0.717) is 13.0 Å². The second kappa shape index (κ2) is 9.39. The van der Waals surface area contributed by atoms with Crippen LogP contribution in [0.5, 0.6) is 0 Å². The molecule has 1 aromatic heterocycles. The number of hydrogen-bond donors (Lipinski definition) is 2. The van der Waals surface area contributed by atoms with E-state index in [1.807, 2.05) is 48.9 Å². The summed E-state index contributed by atoms with van der Waals surface area (Å²) in [5.74, 6) is 0.0263. The van der Waals surface area contributed by atoms with Gasteiger partial charge in [0, 0.05) is 24.6 Å². The number of amides is 2. The number of hydrogen-bond acceptors (Lipinski definition) is 4. The highest BCUT2D eigenvalue weighted by Crippen LogP contribution is 2.11. The standard InChI is InChI=1S/C21H30N4O3/c1-15(2)12-18(24-20(27)28-21(3,4)5)19(26)23-13-16-6-8-17(9-7-16)25-11-10-22-14-25/h6-11,14-15,18H,12-13H2,1-5H3,(H,23,26)(H,24,27). The summed E-state index contributed by atoms with van der Waals surface area (Å²) in [6, 6.07) is 7.20. The Morgan fingerprint density at radius 1 is 1.18 bits per heavy atom. The van der Waals surface area contributed by atoms with Crippen LogP contribution < -0.4 is 10.6 Å². The maximum absolute atomic E-state index is 12.6. The van der Waals surface area contributed by atoms with Crippen molar-refractivity contribution in [3.63, 3.8) is 0 Å². The van der Waals surface area contributed by atoms with Gasteiger partial charge in [-0.2, -0.15) is 0 Å². The van der Waals surface area contributed by atoms with Gasteiger partial charge in [0.25, 0.3) is 0 Å². The molecule has 1 unspecified atom stereocenters. The number of nitrogens with zero attached hydrogens (tertiary/aromatic N) is 2. The highest BCUT2D eigenvalue weighted by atomic mass is 16.6. The van der Waals surface area contributed by atoms with Crippen LogP contribution >= 0.6 is 0 Å². The van der Waals surface area contributed by atoms with Gasteiger partial charge in [0.1, 0.15) is 11.6 Å². The molecule has 0 fully saturated rings. The predicted molar refractivity (Wildman–Crippen MR) is 108 cm³/mol. The first-order valence-corrected chi connectivity index (χ1v) is 9.48. The second-order valence-corrected chi connectivity index (χ2v) is 8.18. The van der Waals surface area contributed by atoms with Crippen LogP contribution in [0.3, 0.4) is 0 Å². The number of ether oxygens (including phenoxy) is 1. The van der Waals surface area contributed by atoms with E-state index >= 15 is 0 Å².